The molecule has 1 aliphatic carbocycles. The number of benzene rings is 1. The van der Waals surface area contributed by atoms with Crippen molar-refractivity contribution in [3.8, 4) is 5.75 Å². The number of urea groups is 1. The number of carbonyl (C=O) groups excluding carboxylic acids is 3. The second-order valence-corrected chi connectivity index (χ2v) is 7.76. The van der Waals surface area contributed by atoms with Crippen LogP contribution in [0.4, 0.5) is 10.5 Å². The van der Waals surface area contributed by atoms with Gasteiger partial charge in [-0.25, -0.2) is 4.79 Å². The smallest absolute Gasteiger partial charge is 0.543 e. The number of rotatable bonds is 4. The van der Waals surface area contributed by atoms with Crippen molar-refractivity contribution in [2.45, 2.75) is 44.4 Å². The fourth-order valence-electron chi connectivity index (χ4n) is 4.92. The summed E-state index contributed by atoms with van der Waals surface area (Å²) in [4.78, 5) is 38.0. The number of hydrogen-bond acceptors (Lipinski definition) is 6. The van der Waals surface area contributed by atoms with E-state index in [1.54, 1.807) is 12.1 Å². The molecule has 3 amide bonds. The fraction of sp³-hybridized carbons (Fsp3) is 0.450. The van der Waals surface area contributed by atoms with E-state index in [4.69, 9.17) is 0 Å². The molecule has 2 aliphatic heterocycles. The van der Waals surface area contributed by atoms with Crippen LogP contribution in [0.5, 0.6) is 5.75 Å². The van der Waals surface area contributed by atoms with Gasteiger partial charge < -0.3 is 35.6 Å². The predicted molar refractivity (Wildman–Crippen MR) is 99.2 cm³/mol. The fourth-order valence-corrected chi connectivity index (χ4v) is 4.92. The first-order chi connectivity index (χ1) is 13.8. The summed E-state index contributed by atoms with van der Waals surface area (Å²) in [6.07, 6.45) is 1.04. The van der Waals surface area contributed by atoms with Crippen LogP contribution in [0, 0.1) is 11.8 Å². The average molecular weight is 423 g/mol. The van der Waals surface area contributed by atoms with Crippen LogP contribution in [0.3, 0.4) is 0 Å². The number of aliphatic hydroxyl groups excluding tert-OH is 1. The van der Waals surface area contributed by atoms with Crippen molar-refractivity contribution in [1.29, 1.82) is 0 Å². The van der Waals surface area contributed by atoms with Gasteiger partial charge in [-0.3, -0.25) is 4.79 Å². The number of fused-ring (bicyclic) bond motifs is 3. The van der Waals surface area contributed by atoms with Gasteiger partial charge in [0.25, 0.3) is 0 Å². The summed E-state index contributed by atoms with van der Waals surface area (Å²) in [6.45, 7) is 1.52. The molecule has 4 rings (SSSR count). The van der Waals surface area contributed by atoms with Crippen molar-refractivity contribution in [3.05, 3.63) is 35.5 Å². The molecular weight excluding hydrogens is 401 g/mol. The molecule has 1 aromatic carbocycles. The minimum absolute atomic E-state index is 0. The number of carboxylic acid groups (broad SMARTS) is 1. The van der Waals surface area contributed by atoms with E-state index in [1.165, 1.54) is 24.0 Å². The number of amides is 3. The number of anilines is 1. The molecule has 30 heavy (non-hydrogen) atoms. The first kappa shape index (κ1) is 22.6. The van der Waals surface area contributed by atoms with E-state index in [-0.39, 0.29) is 52.6 Å². The second kappa shape index (κ2) is 8.58. The van der Waals surface area contributed by atoms with Crippen LogP contribution in [-0.4, -0.2) is 51.2 Å². The van der Waals surface area contributed by atoms with Gasteiger partial charge in [0.05, 0.1) is 41.5 Å². The molecule has 0 bridgehead atoms. The van der Waals surface area contributed by atoms with Gasteiger partial charge in [0.1, 0.15) is 5.75 Å². The van der Waals surface area contributed by atoms with Gasteiger partial charge in [0.2, 0.25) is 5.91 Å². The van der Waals surface area contributed by atoms with Crippen molar-refractivity contribution >= 4 is 23.6 Å². The molecule has 5 atom stereocenters. The Hall–Kier alpha value is -2.07. The molecule has 2 heterocycles. The van der Waals surface area contributed by atoms with Gasteiger partial charge in [-0.05, 0) is 37.5 Å². The zero-order chi connectivity index (χ0) is 20.9. The molecule has 1 saturated heterocycles. The van der Waals surface area contributed by atoms with Crippen molar-refractivity contribution in [2.24, 2.45) is 11.8 Å². The number of hydrogen-bond donors (Lipinski definition) is 4. The molecule has 0 spiro atoms. The Morgan fingerprint density at radius 2 is 1.97 bits per heavy atom. The third kappa shape index (κ3) is 3.60. The maximum absolute atomic E-state index is 12.5. The van der Waals surface area contributed by atoms with Crippen molar-refractivity contribution in [3.63, 3.8) is 0 Å². The molecule has 4 N–H and O–H groups in total. The molecule has 2 fully saturated rings. The van der Waals surface area contributed by atoms with E-state index in [1.807, 2.05) is 0 Å². The van der Waals surface area contributed by atoms with Gasteiger partial charge in [-0.2, -0.15) is 0 Å². The minimum atomic E-state index is -1.46. The Labute approximate surface area is 195 Å². The summed E-state index contributed by atoms with van der Waals surface area (Å²) in [5.74, 6) is -2.87. The number of carbonyl (C=O) groups is 3. The number of carboxylic acids is 1. The topological polar surface area (TPSA) is 142 Å². The van der Waals surface area contributed by atoms with Crippen LogP contribution < -0.4 is 45.3 Å². The normalized spacial score (nSPS) is 27.9. The number of aliphatic hydroxyl groups is 1. The number of para-hydroxylation sites is 2. The summed E-state index contributed by atoms with van der Waals surface area (Å²) < 4.78 is 0. The van der Waals surface area contributed by atoms with Crippen LogP contribution in [0.25, 0.3) is 0 Å². The Morgan fingerprint density at radius 1 is 1.27 bits per heavy atom. The first-order valence-corrected chi connectivity index (χ1v) is 9.63. The number of phenols is 1. The maximum atomic E-state index is 12.5. The summed E-state index contributed by atoms with van der Waals surface area (Å²) in [6, 6.07) is 4.67. The third-order valence-corrected chi connectivity index (χ3v) is 6.07. The molecule has 1 aromatic rings. The number of phenolic OH excluding ortho intramolecular Hbond substituents is 1. The zero-order valence-electron chi connectivity index (χ0n) is 16.8. The quantitative estimate of drug-likeness (QED) is 0.230. The standard InChI is InChI=1S/C20H23N3O6.Na/c1-9(24)14-16-10-5-4-7-12(15(10)17(19(27)28)23(16)18(14)26)22-20(29)21-11-6-2-3-8-13(11)25;/h2-3,6,8-10,12,14,16,24-25H,4-5,7H2,1H3,(H,27,28)(H2,21,22,29);/q;+1/p-1/t9?,10-,12-,14+,16+;/m0./s1. The van der Waals surface area contributed by atoms with E-state index >= 15 is 0 Å². The Morgan fingerprint density at radius 3 is 2.60 bits per heavy atom. The Balaban J connectivity index is 0.00000256. The molecule has 1 saturated carbocycles. The number of nitrogens with one attached hydrogen (secondary N) is 2. The van der Waals surface area contributed by atoms with Crippen molar-refractivity contribution in [1.82, 2.24) is 10.2 Å². The van der Waals surface area contributed by atoms with E-state index in [9.17, 15) is 29.7 Å². The maximum Gasteiger partial charge on any atom is 1.00 e. The molecule has 9 nitrogen and oxygen atoms in total. The first-order valence-electron chi connectivity index (χ1n) is 9.63. The van der Waals surface area contributed by atoms with E-state index < -0.39 is 42.0 Å². The number of aliphatic carboxylic acids is 1. The molecule has 3 aliphatic rings. The van der Waals surface area contributed by atoms with Gasteiger partial charge in [-0.1, -0.05) is 18.6 Å². The summed E-state index contributed by atoms with van der Waals surface area (Å²) >= 11 is 0. The van der Waals surface area contributed by atoms with Gasteiger partial charge in [0.15, 0.2) is 0 Å². The molecule has 10 heteroatoms. The Kier molecular flexibility index (Phi) is 6.47. The van der Waals surface area contributed by atoms with Gasteiger partial charge in [-0.15, -0.1) is 0 Å². The predicted octanol–water partition coefficient (Wildman–Crippen LogP) is -3.09. The second-order valence-electron chi connectivity index (χ2n) is 7.76. The van der Waals surface area contributed by atoms with Crippen LogP contribution in [-0.2, 0) is 9.59 Å². The van der Waals surface area contributed by atoms with Gasteiger partial charge in [0, 0.05) is 5.92 Å². The van der Waals surface area contributed by atoms with Crippen molar-refractivity contribution in [2.75, 3.05) is 5.32 Å². The molecule has 1 unspecified atom stereocenters. The number of aromatic hydroxyl groups is 1. The van der Waals surface area contributed by atoms with Gasteiger partial charge >= 0.3 is 35.6 Å². The van der Waals surface area contributed by atoms with E-state index in [0.717, 1.165) is 6.42 Å². The minimum Gasteiger partial charge on any atom is -0.543 e. The van der Waals surface area contributed by atoms with Crippen LogP contribution in [0.1, 0.15) is 26.2 Å². The molecule has 0 aromatic heterocycles. The van der Waals surface area contributed by atoms with Crippen LogP contribution in [0.15, 0.2) is 35.5 Å². The van der Waals surface area contributed by atoms with Crippen LogP contribution >= 0.6 is 0 Å². The zero-order valence-corrected chi connectivity index (χ0v) is 18.8. The number of β-lactam (4-membered cyclic amide) rings is 1. The Bertz CT molecular complexity index is 918. The molecular formula is C20H22N3NaO6. The largest absolute Gasteiger partial charge is 1.00 e. The molecule has 0 radical (unpaired) electrons. The van der Waals surface area contributed by atoms with Crippen molar-refractivity contribution < 1.29 is 59.3 Å². The molecule has 154 valence electrons. The summed E-state index contributed by atoms with van der Waals surface area (Å²) in [7, 11) is 0. The van der Waals surface area contributed by atoms with Crippen LogP contribution in [0.2, 0.25) is 0 Å². The SMILES string of the molecule is CC(O)[C@H]1C(=O)N2C(C(=O)[O-])=C3[C@@H](NC(=O)Nc4ccccc4O)CCC[C@@H]3[C@H]12.[Na+]. The number of nitrogens with zero attached hydrogens (tertiary/aromatic N) is 1. The van der Waals surface area contributed by atoms with E-state index in [2.05, 4.69) is 10.6 Å². The third-order valence-electron chi connectivity index (χ3n) is 6.07. The summed E-state index contributed by atoms with van der Waals surface area (Å²) in [5.41, 5.74) is 0.519. The van der Waals surface area contributed by atoms with E-state index in [0.29, 0.717) is 18.4 Å². The summed E-state index contributed by atoms with van der Waals surface area (Å²) in [5, 5.41) is 37.0. The monoisotopic (exact) mass is 423 g/mol. The average Bonchev–Trinajstić information content (AvgIpc) is 2.95.